The number of aryl methyl sites for hydroxylation is 1. The molecule has 0 aromatic heterocycles. The molecular weight excluding hydrogens is 262 g/mol. The fraction of sp³-hybridized carbons (Fsp3) is 0.571. The minimum atomic E-state index is 0.681. The summed E-state index contributed by atoms with van der Waals surface area (Å²) in [6, 6.07) is 5.05. The van der Waals surface area contributed by atoms with Crippen LogP contribution in [-0.4, -0.2) is 12.6 Å². The molecule has 1 aliphatic rings. The van der Waals surface area contributed by atoms with Gasteiger partial charge in [0.2, 0.25) is 0 Å². The summed E-state index contributed by atoms with van der Waals surface area (Å²) >= 11 is 3.62. The van der Waals surface area contributed by atoms with E-state index in [2.05, 4.69) is 47.2 Å². The highest BCUT2D eigenvalue weighted by molar-refractivity contribution is 9.10. The molecule has 0 saturated carbocycles. The second-order valence-corrected chi connectivity index (χ2v) is 5.67. The second kappa shape index (κ2) is 5.33. The minimum absolute atomic E-state index is 0.681. The van der Waals surface area contributed by atoms with E-state index in [4.69, 9.17) is 0 Å². The van der Waals surface area contributed by atoms with Gasteiger partial charge in [-0.25, -0.2) is 0 Å². The molecule has 0 spiro atoms. The van der Waals surface area contributed by atoms with E-state index in [9.17, 15) is 0 Å². The summed E-state index contributed by atoms with van der Waals surface area (Å²) in [6.45, 7) is 5.63. The fourth-order valence-electron chi connectivity index (χ4n) is 2.52. The SMILES string of the molecule is Cc1ccc(Br)c(C)c1CC1CCCCN1. The van der Waals surface area contributed by atoms with Gasteiger partial charge in [0.05, 0.1) is 0 Å². The highest BCUT2D eigenvalue weighted by Crippen LogP contribution is 2.25. The van der Waals surface area contributed by atoms with Gasteiger partial charge in [-0.15, -0.1) is 0 Å². The highest BCUT2D eigenvalue weighted by atomic mass is 79.9. The van der Waals surface area contributed by atoms with Crippen LogP contribution in [0.2, 0.25) is 0 Å². The van der Waals surface area contributed by atoms with Gasteiger partial charge in [0, 0.05) is 10.5 Å². The molecule has 1 fully saturated rings. The minimum Gasteiger partial charge on any atom is -0.314 e. The molecule has 1 unspecified atom stereocenters. The zero-order valence-electron chi connectivity index (χ0n) is 10.1. The van der Waals surface area contributed by atoms with Gasteiger partial charge in [0.1, 0.15) is 0 Å². The van der Waals surface area contributed by atoms with Gasteiger partial charge >= 0.3 is 0 Å². The van der Waals surface area contributed by atoms with E-state index in [0.717, 1.165) is 0 Å². The Morgan fingerprint density at radius 3 is 2.81 bits per heavy atom. The number of nitrogens with one attached hydrogen (secondary N) is 1. The van der Waals surface area contributed by atoms with Crippen LogP contribution in [0.3, 0.4) is 0 Å². The first-order valence-corrected chi connectivity index (χ1v) is 6.95. The Hall–Kier alpha value is -0.340. The van der Waals surface area contributed by atoms with Gasteiger partial charge in [0.15, 0.2) is 0 Å². The van der Waals surface area contributed by atoms with E-state index in [0.29, 0.717) is 6.04 Å². The van der Waals surface area contributed by atoms with Gasteiger partial charge in [0.25, 0.3) is 0 Å². The molecule has 1 atom stereocenters. The van der Waals surface area contributed by atoms with Crippen LogP contribution in [0.5, 0.6) is 0 Å². The molecule has 88 valence electrons. The quantitative estimate of drug-likeness (QED) is 0.871. The van der Waals surface area contributed by atoms with Crippen molar-refractivity contribution in [3.8, 4) is 0 Å². The summed E-state index contributed by atoms with van der Waals surface area (Å²) in [6.07, 6.45) is 5.22. The molecule has 0 radical (unpaired) electrons. The van der Waals surface area contributed by atoms with Gasteiger partial charge in [-0.05, 0) is 62.4 Å². The van der Waals surface area contributed by atoms with E-state index in [1.54, 1.807) is 0 Å². The Labute approximate surface area is 107 Å². The third-order valence-electron chi connectivity index (χ3n) is 3.63. The number of halogens is 1. The molecule has 0 bridgehead atoms. The van der Waals surface area contributed by atoms with E-state index in [1.165, 1.54) is 53.4 Å². The largest absolute Gasteiger partial charge is 0.314 e. The topological polar surface area (TPSA) is 12.0 Å². The average molecular weight is 282 g/mol. The Morgan fingerprint density at radius 1 is 1.31 bits per heavy atom. The van der Waals surface area contributed by atoms with Crippen molar-refractivity contribution in [1.29, 1.82) is 0 Å². The number of hydrogen-bond acceptors (Lipinski definition) is 1. The van der Waals surface area contributed by atoms with Crippen LogP contribution >= 0.6 is 15.9 Å². The zero-order valence-corrected chi connectivity index (χ0v) is 11.7. The Bertz CT molecular complexity index is 367. The zero-order chi connectivity index (χ0) is 11.5. The van der Waals surface area contributed by atoms with Gasteiger partial charge < -0.3 is 5.32 Å². The van der Waals surface area contributed by atoms with Crippen molar-refractivity contribution < 1.29 is 0 Å². The van der Waals surface area contributed by atoms with Crippen molar-refractivity contribution in [1.82, 2.24) is 5.32 Å². The van der Waals surface area contributed by atoms with Gasteiger partial charge in [-0.2, -0.15) is 0 Å². The first-order chi connectivity index (χ1) is 7.68. The number of hydrogen-bond donors (Lipinski definition) is 1. The summed E-state index contributed by atoms with van der Waals surface area (Å²) in [7, 11) is 0. The van der Waals surface area contributed by atoms with E-state index < -0.39 is 0 Å². The first-order valence-electron chi connectivity index (χ1n) is 6.16. The predicted molar refractivity (Wildman–Crippen MR) is 73.0 cm³/mol. The summed E-state index contributed by atoms with van der Waals surface area (Å²) in [4.78, 5) is 0. The summed E-state index contributed by atoms with van der Waals surface area (Å²) in [5, 5.41) is 3.63. The van der Waals surface area contributed by atoms with E-state index in [1.807, 2.05) is 0 Å². The van der Waals surface area contributed by atoms with Crippen LogP contribution in [0, 0.1) is 13.8 Å². The number of piperidine rings is 1. The van der Waals surface area contributed by atoms with Crippen molar-refractivity contribution >= 4 is 15.9 Å². The molecule has 2 rings (SSSR count). The molecule has 1 aromatic carbocycles. The molecule has 1 nitrogen and oxygen atoms in total. The number of benzene rings is 1. The Morgan fingerprint density at radius 2 is 2.12 bits per heavy atom. The Balaban J connectivity index is 2.16. The van der Waals surface area contributed by atoms with Crippen LogP contribution in [0.4, 0.5) is 0 Å². The summed E-state index contributed by atoms with van der Waals surface area (Å²) < 4.78 is 1.24. The predicted octanol–water partition coefficient (Wildman–Crippen LogP) is 3.75. The van der Waals surface area contributed by atoms with E-state index >= 15 is 0 Å². The van der Waals surface area contributed by atoms with Crippen molar-refractivity contribution in [3.05, 3.63) is 33.3 Å². The molecule has 1 heterocycles. The van der Waals surface area contributed by atoms with Crippen molar-refractivity contribution in [2.24, 2.45) is 0 Å². The third kappa shape index (κ3) is 2.67. The number of rotatable bonds is 2. The van der Waals surface area contributed by atoms with E-state index in [-0.39, 0.29) is 0 Å². The molecule has 2 heteroatoms. The lowest BCUT2D eigenvalue weighted by atomic mass is 9.92. The van der Waals surface area contributed by atoms with Gasteiger partial charge in [-0.3, -0.25) is 0 Å². The molecule has 1 saturated heterocycles. The van der Waals surface area contributed by atoms with Crippen molar-refractivity contribution in [2.75, 3.05) is 6.54 Å². The monoisotopic (exact) mass is 281 g/mol. The van der Waals surface area contributed by atoms with Crippen LogP contribution < -0.4 is 5.32 Å². The fourth-order valence-corrected chi connectivity index (χ4v) is 2.89. The molecule has 0 aliphatic carbocycles. The summed E-state index contributed by atoms with van der Waals surface area (Å²) in [5.74, 6) is 0. The molecular formula is C14H20BrN. The normalized spacial score (nSPS) is 21.1. The second-order valence-electron chi connectivity index (χ2n) is 4.82. The van der Waals surface area contributed by atoms with Crippen molar-refractivity contribution in [3.63, 3.8) is 0 Å². The molecule has 1 aliphatic heterocycles. The van der Waals surface area contributed by atoms with Gasteiger partial charge in [-0.1, -0.05) is 28.4 Å². The molecule has 0 amide bonds. The Kier molecular flexibility index (Phi) is 4.04. The standard InChI is InChI=1S/C14H20BrN/c1-10-6-7-14(15)11(2)13(10)9-12-5-3-4-8-16-12/h6-7,12,16H,3-5,8-9H2,1-2H3. The summed E-state index contributed by atoms with van der Waals surface area (Å²) in [5.41, 5.74) is 4.36. The molecule has 1 N–H and O–H groups in total. The van der Waals surface area contributed by atoms with Crippen LogP contribution in [0.15, 0.2) is 16.6 Å². The lowest BCUT2D eigenvalue weighted by molar-refractivity contribution is 0.398. The lowest BCUT2D eigenvalue weighted by Crippen LogP contribution is -2.35. The first kappa shape index (κ1) is 12.1. The lowest BCUT2D eigenvalue weighted by Gasteiger charge is -2.25. The van der Waals surface area contributed by atoms with Crippen molar-refractivity contribution in [2.45, 2.75) is 45.6 Å². The maximum Gasteiger partial charge on any atom is 0.0207 e. The molecule has 1 aromatic rings. The van der Waals surface area contributed by atoms with Crippen LogP contribution in [0.1, 0.15) is 36.0 Å². The third-order valence-corrected chi connectivity index (χ3v) is 4.49. The smallest absolute Gasteiger partial charge is 0.0207 e. The maximum atomic E-state index is 3.63. The van der Waals surface area contributed by atoms with Crippen LogP contribution in [0.25, 0.3) is 0 Å². The average Bonchev–Trinajstić information content (AvgIpc) is 2.31. The van der Waals surface area contributed by atoms with Crippen LogP contribution in [-0.2, 0) is 6.42 Å². The maximum absolute atomic E-state index is 3.63. The highest BCUT2D eigenvalue weighted by Gasteiger charge is 2.15. The molecule has 16 heavy (non-hydrogen) atoms.